The minimum absolute atomic E-state index is 0.0392. The summed E-state index contributed by atoms with van der Waals surface area (Å²) in [7, 11) is 0. The third kappa shape index (κ3) is 2.19. The molecule has 0 spiro atoms. The van der Waals surface area contributed by atoms with Crippen molar-refractivity contribution >= 4 is 39.0 Å². The molecule has 0 fully saturated rings. The molecule has 4 aromatic rings. The Hall–Kier alpha value is -3.34. The molecule has 0 aliphatic carbocycles. The Kier molecular flexibility index (Phi) is 2.98. The molecule has 3 aromatic carbocycles. The highest BCUT2D eigenvalue weighted by molar-refractivity contribution is 6.12. The molecule has 0 atom stereocenters. The van der Waals surface area contributed by atoms with Crippen LogP contribution in [-0.4, -0.2) is 4.92 Å². The molecule has 0 amide bonds. The van der Waals surface area contributed by atoms with E-state index in [2.05, 4.69) is 5.32 Å². The van der Waals surface area contributed by atoms with Crippen molar-refractivity contribution in [2.24, 2.45) is 0 Å². The number of nitro benzene ring substituents is 1. The van der Waals surface area contributed by atoms with E-state index in [0.29, 0.717) is 5.69 Å². The van der Waals surface area contributed by atoms with Crippen molar-refractivity contribution in [2.45, 2.75) is 0 Å². The molecule has 4 rings (SSSR count). The summed E-state index contributed by atoms with van der Waals surface area (Å²) in [6.07, 6.45) is 0. The van der Waals surface area contributed by atoms with Crippen molar-refractivity contribution in [1.82, 2.24) is 0 Å². The molecule has 0 aliphatic rings. The maximum absolute atomic E-state index is 11.2. The highest BCUT2D eigenvalue weighted by Gasteiger charge is 2.15. The second-order valence-electron chi connectivity index (χ2n) is 5.18. The van der Waals surface area contributed by atoms with Gasteiger partial charge in [0.1, 0.15) is 16.9 Å². The van der Waals surface area contributed by atoms with Gasteiger partial charge >= 0.3 is 0 Å². The summed E-state index contributed by atoms with van der Waals surface area (Å²) in [5.41, 5.74) is 2.81. The number of nitro groups is 1. The molecule has 0 saturated carbocycles. The molecule has 0 aliphatic heterocycles. The maximum atomic E-state index is 11.2. The van der Waals surface area contributed by atoms with Crippen LogP contribution in [0.25, 0.3) is 21.9 Å². The summed E-state index contributed by atoms with van der Waals surface area (Å²) < 4.78 is 5.83. The molecule has 1 N–H and O–H groups in total. The van der Waals surface area contributed by atoms with Crippen LogP contribution in [0.1, 0.15) is 0 Å². The molecule has 23 heavy (non-hydrogen) atoms. The molecule has 0 bridgehead atoms. The first-order valence-corrected chi connectivity index (χ1v) is 7.15. The Morgan fingerprint density at radius 2 is 1.52 bits per heavy atom. The van der Waals surface area contributed by atoms with Crippen molar-refractivity contribution < 1.29 is 9.34 Å². The van der Waals surface area contributed by atoms with Crippen LogP contribution in [0.4, 0.5) is 17.1 Å². The number of fused-ring (bicyclic) bond motifs is 3. The summed E-state index contributed by atoms with van der Waals surface area (Å²) in [5.74, 6) is 0. The number of benzene rings is 3. The van der Waals surface area contributed by atoms with Gasteiger partial charge in [-0.3, -0.25) is 10.1 Å². The quantitative estimate of drug-likeness (QED) is 0.415. The zero-order chi connectivity index (χ0) is 15.8. The van der Waals surface area contributed by atoms with Crippen LogP contribution in [-0.2, 0) is 0 Å². The van der Waals surface area contributed by atoms with Crippen LogP contribution in [0.2, 0.25) is 0 Å². The zero-order valence-corrected chi connectivity index (χ0v) is 12.0. The van der Waals surface area contributed by atoms with Gasteiger partial charge in [-0.05, 0) is 24.3 Å². The predicted molar refractivity (Wildman–Crippen MR) is 90.1 cm³/mol. The lowest BCUT2D eigenvalue weighted by Crippen LogP contribution is -1.96. The fourth-order valence-electron chi connectivity index (χ4n) is 2.76. The van der Waals surface area contributed by atoms with Gasteiger partial charge in [0.05, 0.1) is 16.0 Å². The standard InChI is InChI=1S/C18H12N2O3/c21-20(22)15-9-3-2-7-13(15)19-14-8-5-11-17-18(14)12-6-1-4-10-16(12)23-17/h1-11,19H. The lowest BCUT2D eigenvalue weighted by molar-refractivity contribution is -0.383. The van der Waals surface area contributed by atoms with Crippen molar-refractivity contribution in [3.8, 4) is 0 Å². The van der Waals surface area contributed by atoms with Gasteiger partial charge in [0, 0.05) is 11.5 Å². The third-order valence-electron chi connectivity index (χ3n) is 3.77. The first-order valence-electron chi connectivity index (χ1n) is 7.15. The number of hydrogen-bond acceptors (Lipinski definition) is 4. The SMILES string of the molecule is O=[N+]([O-])c1ccccc1Nc1cccc2oc3ccccc3c12. The molecule has 0 radical (unpaired) electrons. The number of nitrogens with one attached hydrogen (secondary N) is 1. The molecule has 0 unspecified atom stereocenters. The van der Waals surface area contributed by atoms with Crippen LogP contribution in [0, 0.1) is 10.1 Å². The second kappa shape index (κ2) is 5.14. The van der Waals surface area contributed by atoms with Gasteiger partial charge in [0.15, 0.2) is 0 Å². The van der Waals surface area contributed by atoms with E-state index in [-0.39, 0.29) is 5.69 Å². The average Bonchev–Trinajstić information content (AvgIpc) is 2.94. The molecule has 5 heteroatoms. The lowest BCUT2D eigenvalue weighted by atomic mass is 10.1. The van der Waals surface area contributed by atoms with Crippen LogP contribution < -0.4 is 5.32 Å². The predicted octanol–water partition coefficient (Wildman–Crippen LogP) is 5.24. The maximum Gasteiger partial charge on any atom is 0.292 e. The zero-order valence-electron chi connectivity index (χ0n) is 12.0. The van der Waals surface area contributed by atoms with Crippen LogP contribution in [0.5, 0.6) is 0 Å². The lowest BCUT2D eigenvalue weighted by Gasteiger charge is -2.08. The van der Waals surface area contributed by atoms with E-state index in [4.69, 9.17) is 4.42 Å². The number of anilines is 2. The molecule has 1 heterocycles. The van der Waals surface area contributed by atoms with E-state index >= 15 is 0 Å². The van der Waals surface area contributed by atoms with Gasteiger partial charge in [0.25, 0.3) is 5.69 Å². The molecule has 1 aromatic heterocycles. The number of para-hydroxylation sites is 3. The minimum Gasteiger partial charge on any atom is -0.456 e. The highest BCUT2D eigenvalue weighted by Crippen LogP contribution is 2.36. The van der Waals surface area contributed by atoms with Crippen molar-refractivity contribution in [1.29, 1.82) is 0 Å². The van der Waals surface area contributed by atoms with E-state index in [1.807, 2.05) is 42.5 Å². The van der Waals surface area contributed by atoms with E-state index < -0.39 is 4.92 Å². The van der Waals surface area contributed by atoms with Crippen molar-refractivity contribution in [3.05, 3.63) is 76.8 Å². The fraction of sp³-hybridized carbons (Fsp3) is 0. The Bertz CT molecular complexity index is 1040. The summed E-state index contributed by atoms with van der Waals surface area (Å²) in [4.78, 5) is 10.8. The summed E-state index contributed by atoms with van der Waals surface area (Å²) in [6.45, 7) is 0. The molecular formula is C18H12N2O3. The molecule has 5 nitrogen and oxygen atoms in total. The van der Waals surface area contributed by atoms with E-state index in [1.165, 1.54) is 6.07 Å². The first-order chi connectivity index (χ1) is 11.2. The van der Waals surface area contributed by atoms with Gasteiger partial charge in [-0.1, -0.05) is 36.4 Å². The summed E-state index contributed by atoms with van der Waals surface area (Å²) in [6, 6.07) is 20.0. The number of furan rings is 1. The largest absolute Gasteiger partial charge is 0.456 e. The van der Waals surface area contributed by atoms with Crippen LogP contribution in [0.3, 0.4) is 0 Å². The molecule has 112 valence electrons. The normalized spacial score (nSPS) is 11.0. The number of hydrogen-bond donors (Lipinski definition) is 1. The third-order valence-corrected chi connectivity index (χ3v) is 3.77. The smallest absolute Gasteiger partial charge is 0.292 e. The van der Waals surface area contributed by atoms with Gasteiger partial charge in [-0.15, -0.1) is 0 Å². The molecule has 0 saturated heterocycles. The van der Waals surface area contributed by atoms with Gasteiger partial charge in [-0.2, -0.15) is 0 Å². The van der Waals surface area contributed by atoms with E-state index in [1.54, 1.807) is 18.2 Å². The monoisotopic (exact) mass is 304 g/mol. The van der Waals surface area contributed by atoms with Gasteiger partial charge in [0.2, 0.25) is 0 Å². The minimum atomic E-state index is -0.393. The Morgan fingerprint density at radius 3 is 2.39 bits per heavy atom. The van der Waals surface area contributed by atoms with E-state index in [9.17, 15) is 10.1 Å². The fourth-order valence-corrected chi connectivity index (χ4v) is 2.76. The Labute approximate surface area is 131 Å². The molecular weight excluding hydrogens is 292 g/mol. The average molecular weight is 304 g/mol. The van der Waals surface area contributed by atoms with Crippen molar-refractivity contribution in [2.75, 3.05) is 5.32 Å². The topological polar surface area (TPSA) is 68.3 Å². The van der Waals surface area contributed by atoms with Gasteiger partial charge < -0.3 is 9.73 Å². The van der Waals surface area contributed by atoms with Crippen molar-refractivity contribution in [3.63, 3.8) is 0 Å². The second-order valence-corrected chi connectivity index (χ2v) is 5.18. The Balaban J connectivity index is 1.92. The highest BCUT2D eigenvalue weighted by atomic mass is 16.6. The Morgan fingerprint density at radius 1 is 0.826 bits per heavy atom. The first kappa shape index (κ1) is 13.3. The van der Waals surface area contributed by atoms with Crippen LogP contribution in [0.15, 0.2) is 71.1 Å². The van der Waals surface area contributed by atoms with Gasteiger partial charge in [-0.25, -0.2) is 0 Å². The summed E-state index contributed by atoms with van der Waals surface area (Å²) >= 11 is 0. The van der Waals surface area contributed by atoms with Crippen LogP contribution >= 0.6 is 0 Å². The summed E-state index contributed by atoms with van der Waals surface area (Å²) in [5, 5.41) is 16.3. The van der Waals surface area contributed by atoms with E-state index in [0.717, 1.165) is 27.6 Å². The number of nitrogens with zero attached hydrogens (tertiary/aromatic N) is 1. The number of rotatable bonds is 3.